The van der Waals surface area contributed by atoms with Crippen molar-refractivity contribution >= 4 is 10.9 Å². The smallest absolute Gasteiger partial charge is 0.302 e. The average Bonchev–Trinajstić information content (AvgIpc) is 3.44. The van der Waals surface area contributed by atoms with Gasteiger partial charge in [-0.15, -0.1) is 0 Å². The van der Waals surface area contributed by atoms with Crippen molar-refractivity contribution < 1.29 is 4.74 Å². The Bertz CT molecular complexity index is 1090. The van der Waals surface area contributed by atoms with Crippen molar-refractivity contribution in [2.75, 3.05) is 13.1 Å². The molecule has 29 heavy (non-hydrogen) atoms. The van der Waals surface area contributed by atoms with Gasteiger partial charge in [0.25, 0.3) is 5.56 Å². The van der Waals surface area contributed by atoms with Gasteiger partial charge in [0, 0.05) is 12.7 Å². The van der Waals surface area contributed by atoms with Crippen molar-refractivity contribution in [3.8, 4) is 11.8 Å². The minimum atomic E-state index is -0.268. The molecule has 1 fully saturated rings. The van der Waals surface area contributed by atoms with Crippen LogP contribution in [0.2, 0.25) is 0 Å². The summed E-state index contributed by atoms with van der Waals surface area (Å²) < 4.78 is 5.32. The minimum absolute atomic E-state index is 0.108. The third-order valence-corrected chi connectivity index (χ3v) is 4.62. The second kappa shape index (κ2) is 9.11. The van der Waals surface area contributed by atoms with Crippen molar-refractivity contribution in [3.05, 3.63) is 77.1 Å². The molecule has 0 saturated carbocycles. The summed E-state index contributed by atoms with van der Waals surface area (Å²) in [5.74, 6) is 0.469. The number of likely N-dealkylation sites (tertiary alicyclic amines) is 1. The number of aromatic nitrogens is 5. The van der Waals surface area contributed by atoms with Crippen LogP contribution in [0.1, 0.15) is 18.4 Å². The van der Waals surface area contributed by atoms with E-state index in [1.54, 1.807) is 12.3 Å². The van der Waals surface area contributed by atoms with Gasteiger partial charge in [0.15, 0.2) is 5.75 Å². The van der Waals surface area contributed by atoms with Crippen molar-refractivity contribution in [2.24, 2.45) is 0 Å². The standard InChI is InChI=1S/C11H15N.C10H7N5O2/c1-2-6-11(7-3-1)10-12-8-4-5-9-12;16-9-7-1-2-11-5-8(7)14-10(15-9)17-6-3-12-13-4-6/h1-3,6-7H,4-5,8-10H2;1-5H,(H,12,13)(H,14,15,16). The van der Waals surface area contributed by atoms with Crippen LogP contribution in [0.5, 0.6) is 11.8 Å². The molecule has 1 aliphatic rings. The molecule has 2 N–H and O–H groups in total. The van der Waals surface area contributed by atoms with Gasteiger partial charge in [-0.05, 0) is 37.6 Å². The zero-order chi connectivity index (χ0) is 19.9. The summed E-state index contributed by atoms with van der Waals surface area (Å²) in [6, 6.07) is 12.4. The highest BCUT2D eigenvalue weighted by atomic mass is 16.5. The van der Waals surface area contributed by atoms with Crippen molar-refractivity contribution in [1.29, 1.82) is 0 Å². The third kappa shape index (κ3) is 5.05. The average molecular weight is 390 g/mol. The van der Waals surface area contributed by atoms with Crippen LogP contribution in [0.15, 0.2) is 66.0 Å². The topological polar surface area (TPSA) is 99.8 Å². The van der Waals surface area contributed by atoms with Crippen molar-refractivity contribution in [1.82, 2.24) is 30.0 Å². The fraction of sp³-hybridized carbons (Fsp3) is 0.238. The first kappa shape index (κ1) is 18.8. The number of hydrogen-bond donors (Lipinski definition) is 2. The maximum atomic E-state index is 11.7. The number of H-pyrrole nitrogens is 2. The Morgan fingerprint density at radius 1 is 1.07 bits per heavy atom. The second-order valence-electron chi connectivity index (χ2n) is 6.77. The second-order valence-corrected chi connectivity index (χ2v) is 6.77. The van der Waals surface area contributed by atoms with Crippen LogP contribution < -0.4 is 10.3 Å². The fourth-order valence-corrected chi connectivity index (χ4v) is 3.21. The highest BCUT2D eigenvalue weighted by Gasteiger charge is 2.10. The van der Waals surface area contributed by atoms with Crippen LogP contribution in [-0.4, -0.2) is 43.1 Å². The molecule has 148 valence electrons. The Labute approximate surface area is 167 Å². The molecule has 0 spiro atoms. The molecule has 0 amide bonds. The number of nitrogens with zero attached hydrogens (tertiary/aromatic N) is 4. The van der Waals surface area contributed by atoms with E-state index in [2.05, 4.69) is 60.4 Å². The van der Waals surface area contributed by atoms with Crippen LogP contribution in [0, 0.1) is 0 Å². The van der Waals surface area contributed by atoms with Crippen molar-refractivity contribution in [2.45, 2.75) is 19.4 Å². The summed E-state index contributed by atoms with van der Waals surface area (Å²) in [4.78, 5) is 24.8. The Hall–Kier alpha value is -3.52. The summed E-state index contributed by atoms with van der Waals surface area (Å²) in [6.07, 6.45) is 8.84. The normalized spacial score (nSPS) is 13.8. The lowest BCUT2D eigenvalue weighted by Crippen LogP contribution is -2.18. The minimum Gasteiger partial charge on any atom is -0.422 e. The van der Waals surface area contributed by atoms with Gasteiger partial charge in [-0.2, -0.15) is 10.1 Å². The van der Waals surface area contributed by atoms with Crippen LogP contribution in [0.25, 0.3) is 10.9 Å². The molecule has 0 bridgehead atoms. The van der Waals surface area contributed by atoms with E-state index >= 15 is 0 Å². The van der Waals surface area contributed by atoms with Crippen LogP contribution >= 0.6 is 0 Å². The number of rotatable bonds is 4. The third-order valence-electron chi connectivity index (χ3n) is 4.62. The Morgan fingerprint density at radius 3 is 2.66 bits per heavy atom. The van der Waals surface area contributed by atoms with Crippen molar-refractivity contribution in [3.63, 3.8) is 0 Å². The largest absolute Gasteiger partial charge is 0.422 e. The monoisotopic (exact) mass is 390 g/mol. The summed E-state index contributed by atoms with van der Waals surface area (Å²) in [6.45, 7) is 3.71. The molecule has 4 heterocycles. The fourth-order valence-electron chi connectivity index (χ4n) is 3.21. The highest BCUT2D eigenvalue weighted by Crippen LogP contribution is 2.15. The quantitative estimate of drug-likeness (QED) is 0.555. The Morgan fingerprint density at radius 2 is 1.90 bits per heavy atom. The summed E-state index contributed by atoms with van der Waals surface area (Å²) in [7, 11) is 0. The summed E-state index contributed by atoms with van der Waals surface area (Å²) >= 11 is 0. The molecule has 5 rings (SSSR count). The zero-order valence-electron chi connectivity index (χ0n) is 15.9. The van der Waals surface area contributed by atoms with Crippen LogP contribution in [0.3, 0.4) is 0 Å². The summed E-state index contributed by atoms with van der Waals surface area (Å²) in [5.41, 5.74) is 1.66. The maximum absolute atomic E-state index is 11.7. The van der Waals surface area contributed by atoms with Gasteiger partial charge >= 0.3 is 6.01 Å². The number of nitrogens with one attached hydrogen (secondary N) is 2. The molecule has 0 radical (unpaired) electrons. The Kier molecular flexibility index (Phi) is 5.92. The first-order chi connectivity index (χ1) is 14.3. The molecule has 3 aromatic heterocycles. The first-order valence-electron chi connectivity index (χ1n) is 9.55. The number of pyridine rings is 1. The van der Waals surface area contributed by atoms with Gasteiger partial charge in [0.05, 0.1) is 29.5 Å². The maximum Gasteiger partial charge on any atom is 0.302 e. The summed E-state index contributed by atoms with van der Waals surface area (Å²) in [5, 5.41) is 6.79. The molecule has 8 heteroatoms. The lowest BCUT2D eigenvalue weighted by Gasteiger charge is -2.13. The zero-order valence-corrected chi connectivity index (χ0v) is 15.9. The van der Waals surface area contributed by atoms with E-state index < -0.39 is 0 Å². The van der Waals surface area contributed by atoms with E-state index in [4.69, 9.17) is 4.74 Å². The number of benzene rings is 1. The molecule has 1 aliphatic heterocycles. The predicted molar refractivity (Wildman–Crippen MR) is 110 cm³/mol. The predicted octanol–water partition coefficient (Wildman–Crippen LogP) is 3.12. The van der Waals surface area contributed by atoms with E-state index in [9.17, 15) is 4.79 Å². The van der Waals surface area contributed by atoms with E-state index in [0.717, 1.165) is 6.54 Å². The molecule has 0 unspecified atom stereocenters. The van der Waals surface area contributed by atoms with E-state index in [1.807, 2.05) is 0 Å². The molecule has 0 atom stereocenters. The van der Waals surface area contributed by atoms with E-state index in [-0.39, 0.29) is 11.6 Å². The molecule has 8 nitrogen and oxygen atoms in total. The first-order valence-corrected chi connectivity index (χ1v) is 9.55. The molecule has 0 aliphatic carbocycles. The van der Waals surface area contributed by atoms with E-state index in [0.29, 0.717) is 16.7 Å². The molecule has 4 aromatic rings. The molecular formula is C21H22N6O2. The number of hydrogen-bond acceptors (Lipinski definition) is 6. The number of aromatic amines is 2. The number of fused-ring (bicyclic) bond motifs is 1. The van der Waals surface area contributed by atoms with Crippen LogP contribution in [-0.2, 0) is 6.54 Å². The number of ether oxygens (including phenoxy) is 1. The lowest BCUT2D eigenvalue weighted by molar-refractivity contribution is 0.331. The molecular weight excluding hydrogens is 368 g/mol. The van der Waals surface area contributed by atoms with Gasteiger partial charge in [-0.25, -0.2) is 0 Å². The molecule has 1 saturated heterocycles. The highest BCUT2D eigenvalue weighted by molar-refractivity contribution is 5.76. The van der Waals surface area contributed by atoms with Gasteiger partial charge in [-0.1, -0.05) is 30.3 Å². The van der Waals surface area contributed by atoms with E-state index in [1.165, 1.54) is 50.1 Å². The van der Waals surface area contributed by atoms with Gasteiger partial charge in [0.2, 0.25) is 0 Å². The van der Waals surface area contributed by atoms with Gasteiger partial charge in [-0.3, -0.25) is 24.8 Å². The van der Waals surface area contributed by atoms with Crippen LogP contribution in [0.4, 0.5) is 0 Å². The van der Waals surface area contributed by atoms with Gasteiger partial charge in [0.1, 0.15) is 0 Å². The SMILES string of the molecule is O=c1[nH]c(Oc2cn[nH]c2)nc2cnccc12.c1ccc(CN2CCCC2)cc1. The van der Waals surface area contributed by atoms with Gasteiger partial charge < -0.3 is 4.74 Å². The molecule has 1 aromatic carbocycles. The Balaban J connectivity index is 0.000000150. The lowest BCUT2D eigenvalue weighted by atomic mass is 10.2.